The summed E-state index contributed by atoms with van der Waals surface area (Å²) in [5.41, 5.74) is 0. The lowest BCUT2D eigenvalue weighted by molar-refractivity contribution is -0.133. The molecule has 0 N–H and O–H groups in total. The second-order valence-electron chi connectivity index (χ2n) is 6.36. The molecule has 0 radical (unpaired) electrons. The summed E-state index contributed by atoms with van der Waals surface area (Å²) in [4.78, 5) is 32.8. The van der Waals surface area contributed by atoms with Crippen molar-refractivity contribution in [3.05, 3.63) is 51.7 Å². The Morgan fingerprint density at radius 2 is 2.04 bits per heavy atom. The second-order valence-corrected chi connectivity index (χ2v) is 8.41. The topological polar surface area (TPSA) is 62.7 Å². The van der Waals surface area contributed by atoms with Gasteiger partial charge in [0, 0.05) is 12.1 Å². The van der Waals surface area contributed by atoms with Crippen molar-refractivity contribution in [1.82, 2.24) is 9.88 Å². The van der Waals surface area contributed by atoms with Crippen LogP contribution >= 0.6 is 34.5 Å². The van der Waals surface area contributed by atoms with E-state index >= 15 is 0 Å². The Morgan fingerprint density at radius 1 is 1.26 bits per heavy atom. The summed E-state index contributed by atoms with van der Waals surface area (Å²) in [5.74, 6) is 0.533. The Kier molecular flexibility index (Phi) is 4.84. The van der Waals surface area contributed by atoms with Gasteiger partial charge >= 0.3 is 0 Å². The number of hydrogen-bond acceptors (Lipinski definition) is 5. The number of amides is 2. The van der Waals surface area contributed by atoms with Gasteiger partial charge in [0.15, 0.2) is 5.13 Å². The van der Waals surface area contributed by atoms with E-state index in [1.165, 1.54) is 28.5 Å². The summed E-state index contributed by atoms with van der Waals surface area (Å²) >= 11 is 13.3. The van der Waals surface area contributed by atoms with Gasteiger partial charge in [-0.2, -0.15) is 0 Å². The van der Waals surface area contributed by atoms with Gasteiger partial charge in [-0.1, -0.05) is 46.7 Å². The van der Waals surface area contributed by atoms with E-state index in [1.54, 1.807) is 29.2 Å². The molecule has 6 nitrogen and oxygen atoms in total. The van der Waals surface area contributed by atoms with Crippen LogP contribution in [0.3, 0.4) is 0 Å². The SMILES string of the molecule is CC1C[C@H](N2CC(Oc3ccccc3Cl)=CC2=O)C(=O)N1c1ncc(Cl)s1. The quantitative estimate of drug-likeness (QED) is 0.750. The highest BCUT2D eigenvalue weighted by Gasteiger charge is 2.45. The number of benzene rings is 1. The molecule has 0 saturated carbocycles. The van der Waals surface area contributed by atoms with E-state index in [2.05, 4.69) is 4.98 Å². The van der Waals surface area contributed by atoms with Crippen molar-refractivity contribution in [2.45, 2.75) is 25.4 Å². The van der Waals surface area contributed by atoms with Crippen molar-refractivity contribution in [3.8, 4) is 5.75 Å². The molecule has 2 aliphatic rings. The van der Waals surface area contributed by atoms with Crippen LogP contribution < -0.4 is 9.64 Å². The van der Waals surface area contributed by atoms with E-state index in [1.807, 2.05) is 6.92 Å². The Morgan fingerprint density at radius 3 is 2.74 bits per heavy atom. The number of ether oxygens (including phenoxy) is 1. The lowest BCUT2D eigenvalue weighted by Gasteiger charge is -2.23. The number of aromatic nitrogens is 1. The largest absolute Gasteiger partial charge is 0.458 e. The van der Waals surface area contributed by atoms with Crippen molar-refractivity contribution >= 4 is 51.5 Å². The smallest absolute Gasteiger partial charge is 0.251 e. The molecule has 2 aromatic rings. The van der Waals surface area contributed by atoms with Crippen LogP contribution in [0.2, 0.25) is 9.36 Å². The molecule has 4 rings (SSSR count). The number of halogens is 2. The van der Waals surface area contributed by atoms with Crippen molar-refractivity contribution in [2.24, 2.45) is 0 Å². The van der Waals surface area contributed by atoms with Gasteiger partial charge in [-0.25, -0.2) is 4.98 Å². The van der Waals surface area contributed by atoms with Gasteiger partial charge in [0.1, 0.15) is 21.9 Å². The van der Waals surface area contributed by atoms with Crippen LogP contribution in [-0.4, -0.2) is 40.3 Å². The van der Waals surface area contributed by atoms with Gasteiger partial charge in [-0.15, -0.1) is 0 Å². The maximum atomic E-state index is 12.9. The molecule has 2 atom stereocenters. The molecule has 0 aliphatic carbocycles. The monoisotopic (exact) mass is 423 g/mol. The molecular formula is C18H15Cl2N3O3S. The van der Waals surface area contributed by atoms with Gasteiger partial charge in [-0.3, -0.25) is 14.5 Å². The Labute approximate surface area is 169 Å². The lowest BCUT2D eigenvalue weighted by atomic mass is 10.1. The van der Waals surface area contributed by atoms with Gasteiger partial charge in [0.25, 0.3) is 11.8 Å². The maximum Gasteiger partial charge on any atom is 0.251 e. The fraction of sp³-hybridized carbons (Fsp3) is 0.278. The number of rotatable bonds is 4. The van der Waals surface area contributed by atoms with Gasteiger partial charge in [-0.05, 0) is 25.5 Å². The molecule has 1 unspecified atom stereocenters. The molecule has 0 bridgehead atoms. The van der Waals surface area contributed by atoms with Crippen LogP contribution in [0.25, 0.3) is 0 Å². The minimum Gasteiger partial charge on any atom is -0.458 e. The molecule has 3 heterocycles. The highest BCUT2D eigenvalue weighted by Crippen LogP contribution is 2.35. The molecule has 1 fully saturated rings. The van der Waals surface area contributed by atoms with E-state index in [0.717, 1.165) is 0 Å². The number of nitrogens with zero attached hydrogens (tertiary/aromatic N) is 3. The minimum atomic E-state index is -0.557. The zero-order chi connectivity index (χ0) is 19.1. The minimum absolute atomic E-state index is 0.0777. The van der Waals surface area contributed by atoms with Gasteiger partial charge in [0.05, 0.1) is 17.8 Å². The number of thiazole rings is 1. The van der Waals surface area contributed by atoms with E-state index in [9.17, 15) is 9.59 Å². The van der Waals surface area contributed by atoms with E-state index in [0.29, 0.717) is 32.4 Å². The van der Waals surface area contributed by atoms with Crippen LogP contribution in [0, 0.1) is 0 Å². The van der Waals surface area contributed by atoms with E-state index in [-0.39, 0.29) is 24.4 Å². The number of carbonyl (C=O) groups is 2. The summed E-state index contributed by atoms with van der Waals surface area (Å²) in [6, 6.07) is 6.41. The Balaban J connectivity index is 1.49. The molecule has 1 saturated heterocycles. The molecule has 9 heteroatoms. The standard InChI is InChI=1S/C18H15Cl2N3O3S/c1-10-6-13(17(25)23(10)18-21-8-15(20)27-18)22-9-11(7-16(22)24)26-14-5-3-2-4-12(14)19/h2-5,7-8,10,13H,6,9H2,1H3/t10?,13-/m0/s1. The van der Waals surface area contributed by atoms with Crippen LogP contribution in [0.4, 0.5) is 5.13 Å². The van der Waals surface area contributed by atoms with E-state index in [4.69, 9.17) is 27.9 Å². The lowest BCUT2D eigenvalue weighted by Crippen LogP contribution is -2.43. The van der Waals surface area contributed by atoms with Crippen molar-refractivity contribution < 1.29 is 14.3 Å². The van der Waals surface area contributed by atoms with Crippen molar-refractivity contribution in [1.29, 1.82) is 0 Å². The van der Waals surface area contributed by atoms with Crippen LogP contribution in [0.5, 0.6) is 5.75 Å². The zero-order valence-electron chi connectivity index (χ0n) is 14.3. The third-order valence-corrected chi connectivity index (χ3v) is 5.97. The predicted octanol–water partition coefficient (Wildman–Crippen LogP) is 3.75. The highest BCUT2D eigenvalue weighted by molar-refractivity contribution is 7.19. The normalized spacial score (nSPS) is 22.6. The highest BCUT2D eigenvalue weighted by atomic mass is 35.5. The Hall–Kier alpha value is -2.09. The third kappa shape index (κ3) is 3.42. The van der Waals surface area contributed by atoms with Crippen LogP contribution in [-0.2, 0) is 9.59 Å². The number of para-hydroxylation sites is 1. The molecule has 27 heavy (non-hydrogen) atoms. The summed E-state index contributed by atoms with van der Waals surface area (Å²) < 4.78 is 6.27. The number of anilines is 1. The molecular weight excluding hydrogens is 409 g/mol. The first kappa shape index (κ1) is 18.3. The molecule has 2 amide bonds. The summed E-state index contributed by atoms with van der Waals surface area (Å²) in [6.45, 7) is 2.15. The van der Waals surface area contributed by atoms with Crippen molar-refractivity contribution in [3.63, 3.8) is 0 Å². The fourth-order valence-corrected chi connectivity index (χ4v) is 4.50. The number of carbonyl (C=O) groups excluding carboxylic acids is 2. The van der Waals surface area contributed by atoms with Crippen LogP contribution in [0.15, 0.2) is 42.3 Å². The summed E-state index contributed by atoms with van der Waals surface area (Å²) in [5, 5.41) is 1.01. The predicted molar refractivity (Wildman–Crippen MR) is 104 cm³/mol. The van der Waals surface area contributed by atoms with E-state index < -0.39 is 6.04 Å². The second kappa shape index (κ2) is 7.14. The Bertz CT molecular complexity index is 945. The molecule has 2 aliphatic heterocycles. The average Bonchev–Trinajstić information content (AvgIpc) is 3.28. The summed E-state index contributed by atoms with van der Waals surface area (Å²) in [6.07, 6.45) is 3.45. The first-order valence-electron chi connectivity index (χ1n) is 8.32. The van der Waals surface area contributed by atoms with Gasteiger partial charge in [0.2, 0.25) is 0 Å². The summed E-state index contributed by atoms with van der Waals surface area (Å²) in [7, 11) is 0. The molecule has 140 valence electrons. The molecule has 1 aromatic carbocycles. The van der Waals surface area contributed by atoms with Crippen molar-refractivity contribution in [2.75, 3.05) is 11.4 Å². The first-order valence-corrected chi connectivity index (χ1v) is 9.89. The third-order valence-electron chi connectivity index (χ3n) is 4.55. The fourth-order valence-electron chi connectivity index (χ4n) is 3.31. The van der Waals surface area contributed by atoms with Gasteiger partial charge < -0.3 is 9.64 Å². The maximum absolute atomic E-state index is 12.9. The zero-order valence-corrected chi connectivity index (χ0v) is 16.6. The number of hydrogen-bond donors (Lipinski definition) is 0. The average molecular weight is 424 g/mol. The molecule has 1 aromatic heterocycles. The molecule has 0 spiro atoms. The first-order chi connectivity index (χ1) is 12.9. The van der Waals surface area contributed by atoms with Crippen LogP contribution in [0.1, 0.15) is 13.3 Å².